The molecule has 4 heteroatoms. The molecular weight excluding hydrogens is 231 g/mol. The standard InChI is InChI=1S/C14H13FN2O/c15-8-1-2-9-11(5-8)12-6-16-7-17(12)14(9)10-3-4-13(10)18/h1-2,5-7,10,13-14,18H,3-4H2/t10-,13+,14?/m1/s1. The number of benzene rings is 1. The van der Waals surface area contributed by atoms with Gasteiger partial charge in [-0.2, -0.15) is 0 Å². The van der Waals surface area contributed by atoms with Crippen molar-refractivity contribution in [3.05, 3.63) is 42.1 Å². The molecular formula is C14H13FN2O. The summed E-state index contributed by atoms with van der Waals surface area (Å²) >= 11 is 0. The number of rotatable bonds is 1. The third kappa shape index (κ3) is 1.18. The summed E-state index contributed by atoms with van der Waals surface area (Å²) in [5.74, 6) is 0.000897. The van der Waals surface area contributed by atoms with Crippen molar-refractivity contribution in [3.63, 3.8) is 0 Å². The van der Waals surface area contributed by atoms with Gasteiger partial charge in [0.25, 0.3) is 0 Å². The van der Waals surface area contributed by atoms with Gasteiger partial charge in [0.15, 0.2) is 0 Å². The molecule has 1 aromatic heterocycles. The number of aromatic nitrogens is 2. The Morgan fingerprint density at radius 1 is 1.33 bits per heavy atom. The van der Waals surface area contributed by atoms with Crippen LogP contribution in [-0.2, 0) is 0 Å². The number of hydrogen-bond donors (Lipinski definition) is 1. The largest absolute Gasteiger partial charge is 0.393 e. The lowest BCUT2D eigenvalue weighted by molar-refractivity contribution is 0.00415. The lowest BCUT2D eigenvalue weighted by Crippen LogP contribution is -2.37. The van der Waals surface area contributed by atoms with Crippen molar-refractivity contribution in [2.24, 2.45) is 5.92 Å². The first-order valence-electron chi connectivity index (χ1n) is 6.25. The molecule has 0 saturated heterocycles. The molecule has 2 heterocycles. The van der Waals surface area contributed by atoms with Crippen molar-refractivity contribution in [2.75, 3.05) is 0 Å². The van der Waals surface area contributed by atoms with Gasteiger partial charge in [-0.3, -0.25) is 0 Å². The Labute approximate surface area is 104 Å². The summed E-state index contributed by atoms with van der Waals surface area (Å²) in [5, 5.41) is 9.90. The van der Waals surface area contributed by atoms with Crippen LogP contribution >= 0.6 is 0 Å². The summed E-state index contributed by atoms with van der Waals surface area (Å²) < 4.78 is 15.5. The fourth-order valence-electron chi connectivity index (χ4n) is 3.21. The van der Waals surface area contributed by atoms with Gasteiger partial charge in [-0.15, -0.1) is 0 Å². The molecule has 1 aliphatic carbocycles. The maximum atomic E-state index is 13.4. The van der Waals surface area contributed by atoms with E-state index in [1.165, 1.54) is 6.07 Å². The topological polar surface area (TPSA) is 38.1 Å². The molecule has 2 aliphatic rings. The van der Waals surface area contributed by atoms with E-state index >= 15 is 0 Å². The Morgan fingerprint density at radius 3 is 2.94 bits per heavy atom. The first-order valence-corrected chi connectivity index (χ1v) is 6.25. The van der Waals surface area contributed by atoms with Crippen LogP contribution in [0.15, 0.2) is 30.7 Å². The Hall–Kier alpha value is -1.68. The smallest absolute Gasteiger partial charge is 0.123 e. The van der Waals surface area contributed by atoms with Gasteiger partial charge in [-0.05, 0) is 30.5 Å². The highest BCUT2D eigenvalue weighted by Gasteiger charge is 2.42. The SMILES string of the molecule is O[C@H]1CC[C@H]1C1c2ccc(F)cc2-c2cncn21. The second kappa shape index (κ2) is 3.42. The van der Waals surface area contributed by atoms with Crippen molar-refractivity contribution in [2.45, 2.75) is 25.0 Å². The second-order valence-electron chi connectivity index (χ2n) is 5.17. The van der Waals surface area contributed by atoms with E-state index in [0.717, 1.165) is 29.7 Å². The molecule has 0 bridgehead atoms. The molecule has 1 aromatic carbocycles. The van der Waals surface area contributed by atoms with Gasteiger partial charge in [-0.25, -0.2) is 9.37 Å². The van der Waals surface area contributed by atoms with Crippen LogP contribution in [0.4, 0.5) is 4.39 Å². The number of aliphatic hydroxyl groups excluding tert-OH is 1. The maximum Gasteiger partial charge on any atom is 0.123 e. The van der Waals surface area contributed by atoms with E-state index < -0.39 is 0 Å². The van der Waals surface area contributed by atoms with E-state index in [-0.39, 0.29) is 23.9 Å². The van der Waals surface area contributed by atoms with E-state index in [0.29, 0.717) is 0 Å². The van der Waals surface area contributed by atoms with Crippen LogP contribution in [-0.4, -0.2) is 20.8 Å². The zero-order valence-electron chi connectivity index (χ0n) is 9.75. The second-order valence-corrected chi connectivity index (χ2v) is 5.17. The zero-order valence-corrected chi connectivity index (χ0v) is 9.75. The number of imidazole rings is 1. The summed E-state index contributed by atoms with van der Waals surface area (Å²) in [6.45, 7) is 0. The van der Waals surface area contributed by atoms with Gasteiger partial charge in [0, 0.05) is 11.5 Å². The van der Waals surface area contributed by atoms with Crippen LogP contribution in [0, 0.1) is 11.7 Å². The molecule has 1 saturated carbocycles. The van der Waals surface area contributed by atoms with Gasteiger partial charge in [0.1, 0.15) is 5.82 Å². The summed E-state index contributed by atoms with van der Waals surface area (Å²) in [7, 11) is 0. The molecule has 0 radical (unpaired) electrons. The molecule has 1 aliphatic heterocycles. The number of hydrogen-bond acceptors (Lipinski definition) is 2. The molecule has 1 N–H and O–H groups in total. The number of halogens is 1. The van der Waals surface area contributed by atoms with Crippen molar-refractivity contribution < 1.29 is 9.50 Å². The van der Waals surface area contributed by atoms with Gasteiger partial charge < -0.3 is 9.67 Å². The average molecular weight is 244 g/mol. The lowest BCUT2D eigenvalue weighted by Gasteiger charge is -2.38. The fourth-order valence-corrected chi connectivity index (χ4v) is 3.21. The monoisotopic (exact) mass is 244 g/mol. The number of nitrogens with zero attached hydrogens (tertiary/aromatic N) is 2. The third-order valence-corrected chi connectivity index (χ3v) is 4.27. The van der Waals surface area contributed by atoms with Gasteiger partial charge in [0.05, 0.1) is 30.4 Å². The molecule has 0 amide bonds. The van der Waals surface area contributed by atoms with Crippen LogP contribution in [0.3, 0.4) is 0 Å². The van der Waals surface area contributed by atoms with Crippen LogP contribution in [0.25, 0.3) is 11.3 Å². The summed E-state index contributed by atoms with van der Waals surface area (Å²) in [6.07, 6.45) is 5.18. The molecule has 0 spiro atoms. The Balaban J connectivity index is 1.91. The van der Waals surface area contributed by atoms with Crippen molar-refractivity contribution in [3.8, 4) is 11.3 Å². The van der Waals surface area contributed by atoms with Crippen molar-refractivity contribution in [1.29, 1.82) is 0 Å². The first kappa shape index (κ1) is 10.3. The summed E-state index contributed by atoms with van der Waals surface area (Å²) in [6, 6.07) is 5.01. The zero-order chi connectivity index (χ0) is 12.3. The minimum absolute atomic E-state index is 0.113. The fraction of sp³-hybridized carbons (Fsp3) is 0.357. The predicted octanol–water partition coefficient (Wildman–Crippen LogP) is 2.36. The molecule has 3 atom stereocenters. The van der Waals surface area contributed by atoms with Crippen LogP contribution in [0.1, 0.15) is 24.4 Å². The molecule has 1 unspecified atom stereocenters. The summed E-state index contributed by atoms with van der Waals surface area (Å²) in [5.41, 5.74) is 2.97. The predicted molar refractivity (Wildman–Crippen MR) is 64.5 cm³/mol. The Morgan fingerprint density at radius 2 is 2.22 bits per heavy atom. The highest BCUT2D eigenvalue weighted by atomic mass is 19.1. The van der Waals surface area contributed by atoms with E-state index in [4.69, 9.17) is 0 Å². The van der Waals surface area contributed by atoms with Crippen LogP contribution < -0.4 is 0 Å². The van der Waals surface area contributed by atoms with E-state index in [1.807, 2.05) is 6.07 Å². The third-order valence-electron chi connectivity index (χ3n) is 4.27. The Bertz CT molecular complexity index is 622. The molecule has 1 fully saturated rings. The summed E-state index contributed by atoms with van der Waals surface area (Å²) in [4.78, 5) is 4.15. The van der Waals surface area contributed by atoms with E-state index in [9.17, 15) is 9.50 Å². The van der Waals surface area contributed by atoms with E-state index in [2.05, 4.69) is 9.55 Å². The van der Waals surface area contributed by atoms with Gasteiger partial charge in [0.2, 0.25) is 0 Å². The lowest BCUT2D eigenvalue weighted by atomic mass is 9.74. The van der Waals surface area contributed by atoms with Gasteiger partial charge >= 0.3 is 0 Å². The van der Waals surface area contributed by atoms with Gasteiger partial charge in [-0.1, -0.05) is 6.07 Å². The minimum Gasteiger partial charge on any atom is -0.393 e. The molecule has 18 heavy (non-hydrogen) atoms. The normalized spacial score (nSPS) is 28.7. The molecule has 2 aromatic rings. The van der Waals surface area contributed by atoms with Crippen LogP contribution in [0.5, 0.6) is 0 Å². The first-order chi connectivity index (χ1) is 8.75. The number of fused-ring (bicyclic) bond motifs is 3. The highest BCUT2D eigenvalue weighted by Crippen LogP contribution is 2.48. The average Bonchev–Trinajstić information content (AvgIpc) is 2.91. The van der Waals surface area contributed by atoms with E-state index in [1.54, 1.807) is 18.6 Å². The van der Waals surface area contributed by atoms with Crippen molar-refractivity contribution in [1.82, 2.24) is 9.55 Å². The number of aliphatic hydroxyl groups is 1. The molecule has 92 valence electrons. The maximum absolute atomic E-state index is 13.4. The molecule has 3 nitrogen and oxygen atoms in total. The van der Waals surface area contributed by atoms with Crippen molar-refractivity contribution >= 4 is 0 Å². The minimum atomic E-state index is -0.249. The Kier molecular flexibility index (Phi) is 1.95. The van der Waals surface area contributed by atoms with Crippen LogP contribution in [0.2, 0.25) is 0 Å². The highest BCUT2D eigenvalue weighted by molar-refractivity contribution is 5.69. The quantitative estimate of drug-likeness (QED) is 0.836. The molecule has 4 rings (SSSR count).